The second-order valence-corrected chi connectivity index (χ2v) is 6.21. The Bertz CT molecular complexity index is 702. The molecule has 1 fully saturated rings. The topological polar surface area (TPSA) is 79.4 Å². The Kier molecular flexibility index (Phi) is 6.24. The molecule has 0 saturated carbocycles. The summed E-state index contributed by atoms with van der Waals surface area (Å²) in [5, 5.41) is 6.68. The summed E-state index contributed by atoms with van der Waals surface area (Å²) in [7, 11) is 0. The van der Waals surface area contributed by atoms with E-state index in [4.69, 9.17) is 4.74 Å². The van der Waals surface area contributed by atoms with Crippen molar-refractivity contribution in [3.8, 4) is 0 Å². The first-order valence-corrected chi connectivity index (χ1v) is 9.03. The third-order valence-electron chi connectivity index (χ3n) is 4.32. The normalized spacial score (nSPS) is 14.7. The predicted octanol–water partition coefficient (Wildman–Crippen LogP) is 3.12. The van der Waals surface area contributed by atoms with E-state index in [0.717, 1.165) is 18.7 Å². The van der Waals surface area contributed by atoms with E-state index in [9.17, 15) is 4.79 Å². The molecule has 7 heteroatoms. The van der Waals surface area contributed by atoms with Gasteiger partial charge in [0.25, 0.3) is 0 Å². The molecule has 1 aliphatic heterocycles. The number of aromatic nitrogens is 2. The first-order chi connectivity index (χ1) is 12.7. The Balaban J connectivity index is 1.49. The Hall–Kier alpha value is -2.83. The molecular formula is C19H25N5O2. The molecule has 0 spiro atoms. The number of nitrogens with one attached hydrogen (secondary N) is 2. The van der Waals surface area contributed by atoms with Crippen molar-refractivity contribution in [1.82, 2.24) is 14.9 Å². The van der Waals surface area contributed by atoms with Crippen LogP contribution in [0.1, 0.15) is 25.3 Å². The lowest BCUT2D eigenvalue weighted by molar-refractivity contribution is 0.0983. The number of nitrogens with zero attached hydrogens (tertiary/aromatic N) is 3. The first kappa shape index (κ1) is 18.0. The highest BCUT2D eigenvalue weighted by Gasteiger charge is 2.23. The van der Waals surface area contributed by atoms with Crippen LogP contribution in [0.15, 0.2) is 42.6 Å². The lowest BCUT2D eigenvalue weighted by Crippen LogP contribution is -2.42. The summed E-state index contributed by atoms with van der Waals surface area (Å²) in [5.41, 5.74) is 1.18. The highest BCUT2D eigenvalue weighted by atomic mass is 16.6. The number of piperidine rings is 1. The minimum Gasteiger partial charge on any atom is -0.450 e. The summed E-state index contributed by atoms with van der Waals surface area (Å²) in [4.78, 5) is 22.3. The Morgan fingerprint density at radius 3 is 2.73 bits per heavy atom. The smallest absolute Gasteiger partial charge is 0.409 e. The molecule has 0 aliphatic carbocycles. The van der Waals surface area contributed by atoms with Crippen LogP contribution < -0.4 is 10.6 Å². The molecule has 138 valence electrons. The Morgan fingerprint density at radius 1 is 1.23 bits per heavy atom. The van der Waals surface area contributed by atoms with Crippen molar-refractivity contribution in [3.05, 3.63) is 48.2 Å². The second-order valence-electron chi connectivity index (χ2n) is 6.21. The molecule has 0 atom stereocenters. The van der Waals surface area contributed by atoms with E-state index >= 15 is 0 Å². The number of likely N-dealkylation sites (tertiary alicyclic amines) is 1. The molecule has 1 aliphatic rings. The number of carbonyl (C=O) groups excluding carboxylic acids is 1. The van der Waals surface area contributed by atoms with Gasteiger partial charge in [0.1, 0.15) is 5.82 Å². The maximum Gasteiger partial charge on any atom is 0.409 e. The van der Waals surface area contributed by atoms with Gasteiger partial charge in [-0.15, -0.1) is 0 Å². The molecule has 2 aromatic rings. The van der Waals surface area contributed by atoms with Crippen molar-refractivity contribution in [3.63, 3.8) is 0 Å². The van der Waals surface area contributed by atoms with Crippen molar-refractivity contribution in [2.45, 2.75) is 32.4 Å². The zero-order chi connectivity index (χ0) is 18.2. The molecular weight excluding hydrogens is 330 g/mol. The molecule has 2 heterocycles. The number of hydrogen-bond donors (Lipinski definition) is 2. The fraction of sp³-hybridized carbons (Fsp3) is 0.421. The van der Waals surface area contributed by atoms with Crippen molar-refractivity contribution < 1.29 is 9.53 Å². The third kappa shape index (κ3) is 5.08. The summed E-state index contributed by atoms with van der Waals surface area (Å²) >= 11 is 0. The summed E-state index contributed by atoms with van der Waals surface area (Å²) < 4.78 is 5.05. The number of benzene rings is 1. The molecule has 26 heavy (non-hydrogen) atoms. The van der Waals surface area contributed by atoms with Crippen LogP contribution in [0.25, 0.3) is 0 Å². The maximum absolute atomic E-state index is 11.8. The fourth-order valence-corrected chi connectivity index (χ4v) is 2.93. The number of carbonyl (C=O) groups is 1. The predicted molar refractivity (Wildman–Crippen MR) is 101 cm³/mol. The van der Waals surface area contributed by atoms with E-state index in [-0.39, 0.29) is 12.1 Å². The Morgan fingerprint density at radius 2 is 2.00 bits per heavy atom. The molecule has 1 saturated heterocycles. The zero-order valence-electron chi connectivity index (χ0n) is 15.0. The first-order valence-electron chi connectivity index (χ1n) is 9.03. The van der Waals surface area contributed by atoms with Crippen molar-refractivity contribution in [2.24, 2.45) is 0 Å². The van der Waals surface area contributed by atoms with Crippen LogP contribution >= 0.6 is 0 Å². The standard InChI is InChI=1S/C19H25N5O2/c1-2-26-19(25)24-12-9-16(10-13-24)22-17-8-11-20-18(23-17)21-14-15-6-4-3-5-7-15/h3-8,11,16H,2,9-10,12-14H2,1H3,(H2,20,21,22,23). The van der Waals surface area contributed by atoms with Crippen molar-refractivity contribution >= 4 is 17.9 Å². The molecule has 0 bridgehead atoms. The van der Waals surface area contributed by atoms with Gasteiger partial charge in [-0.05, 0) is 31.4 Å². The fourth-order valence-electron chi connectivity index (χ4n) is 2.93. The van der Waals surface area contributed by atoms with Gasteiger partial charge in [0.15, 0.2) is 0 Å². The third-order valence-corrected chi connectivity index (χ3v) is 4.32. The molecule has 3 rings (SSSR count). The molecule has 1 aromatic heterocycles. The number of amides is 1. The maximum atomic E-state index is 11.8. The second kappa shape index (κ2) is 9.03. The number of rotatable bonds is 6. The van der Waals surface area contributed by atoms with E-state index in [2.05, 4.69) is 32.7 Å². The van der Waals surface area contributed by atoms with E-state index < -0.39 is 0 Å². The van der Waals surface area contributed by atoms with E-state index in [1.807, 2.05) is 31.2 Å². The highest BCUT2D eigenvalue weighted by Crippen LogP contribution is 2.16. The van der Waals surface area contributed by atoms with Gasteiger partial charge in [-0.1, -0.05) is 30.3 Å². The van der Waals surface area contributed by atoms with Gasteiger partial charge >= 0.3 is 6.09 Å². The van der Waals surface area contributed by atoms with Crippen LogP contribution in [0.2, 0.25) is 0 Å². The average molecular weight is 355 g/mol. The number of anilines is 2. The quantitative estimate of drug-likeness (QED) is 0.829. The van der Waals surface area contributed by atoms with Crippen molar-refractivity contribution in [1.29, 1.82) is 0 Å². The minimum absolute atomic E-state index is 0.222. The van der Waals surface area contributed by atoms with Crippen LogP contribution in [0.3, 0.4) is 0 Å². The lowest BCUT2D eigenvalue weighted by atomic mass is 10.1. The monoisotopic (exact) mass is 355 g/mol. The molecule has 0 radical (unpaired) electrons. The average Bonchev–Trinajstić information content (AvgIpc) is 2.68. The Labute approximate surface area is 153 Å². The SMILES string of the molecule is CCOC(=O)N1CCC(Nc2ccnc(NCc3ccccc3)n2)CC1. The molecule has 1 amide bonds. The molecule has 1 aromatic carbocycles. The summed E-state index contributed by atoms with van der Waals surface area (Å²) in [6, 6.07) is 12.3. The van der Waals surface area contributed by atoms with Gasteiger partial charge in [0, 0.05) is 31.9 Å². The van der Waals surface area contributed by atoms with Crippen LogP contribution in [0.5, 0.6) is 0 Å². The van der Waals surface area contributed by atoms with Gasteiger partial charge in [-0.2, -0.15) is 4.98 Å². The van der Waals surface area contributed by atoms with Gasteiger partial charge in [0.05, 0.1) is 6.61 Å². The van der Waals surface area contributed by atoms with Gasteiger partial charge in [-0.25, -0.2) is 9.78 Å². The van der Waals surface area contributed by atoms with E-state index in [1.165, 1.54) is 5.56 Å². The van der Waals surface area contributed by atoms with Crippen molar-refractivity contribution in [2.75, 3.05) is 30.3 Å². The van der Waals surface area contributed by atoms with Crippen LogP contribution in [0.4, 0.5) is 16.6 Å². The molecule has 0 unspecified atom stereocenters. The zero-order valence-corrected chi connectivity index (χ0v) is 15.0. The van der Waals surface area contributed by atoms with Gasteiger partial charge in [0.2, 0.25) is 5.95 Å². The van der Waals surface area contributed by atoms with Gasteiger partial charge in [-0.3, -0.25) is 0 Å². The minimum atomic E-state index is -0.222. The molecule has 2 N–H and O–H groups in total. The van der Waals surface area contributed by atoms with Gasteiger partial charge < -0.3 is 20.3 Å². The van der Waals surface area contributed by atoms with Crippen LogP contribution in [-0.4, -0.2) is 46.7 Å². The number of hydrogen-bond acceptors (Lipinski definition) is 6. The lowest BCUT2D eigenvalue weighted by Gasteiger charge is -2.31. The summed E-state index contributed by atoms with van der Waals surface area (Å²) in [6.45, 7) is 4.31. The van der Waals surface area contributed by atoms with Crippen LogP contribution in [-0.2, 0) is 11.3 Å². The highest BCUT2D eigenvalue weighted by molar-refractivity contribution is 5.67. The largest absolute Gasteiger partial charge is 0.450 e. The van der Waals surface area contributed by atoms with E-state index in [1.54, 1.807) is 11.1 Å². The summed E-state index contributed by atoms with van der Waals surface area (Å²) in [6.07, 6.45) is 3.27. The van der Waals surface area contributed by atoms with E-state index in [0.29, 0.717) is 32.2 Å². The summed E-state index contributed by atoms with van der Waals surface area (Å²) in [5.74, 6) is 1.40. The molecule has 7 nitrogen and oxygen atoms in total. The number of ether oxygens (including phenoxy) is 1. The van der Waals surface area contributed by atoms with Crippen LogP contribution in [0, 0.1) is 0 Å².